The maximum absolute atomic E-state index is 3.44. The zero-order chi connectivity index (χ0) is 16.5. The number of rotatable bonds is 6. The summed E-state index contributed by atoms with van der Waals surface area (Å²) in [5.41, 5.74) is 2.67. The van der Waals surface area contributed by atoms with Crippen molar-refractivity contribution in [3.05, 3.63) is 71.8 Å². The molecule has 0 saturated carbocycles. The Morgan fingerprint density at radius 3 is 1.74 bits per heavy atom. The maximum Gasteiger partial charge on any atom is 0.0685 e. The Bertz CT molecular complexity index is 578. The van der Waals surface area contributed by atoms with E-state index in [2.05, 4.69) is 98.2 Å². The Morgan fingerprint density at radius 1 is 0.826 bits per heavy atom. The predicted molar refractivity (Wildman–Crippen MR) is 99.5 cm³/mol. The highest BCUT2D eigenvalue weighted by Crippen LogP contribution is 2.27. The van der Waals surface area contributed by atoms with Crippen LogP contribution in [0.2, 0.25) is 0 Å². The second-order valence-electron chi connectivity index (χ2n) is 5.80. The summed E-state index contributed by atoms with van der Waals surface area (Å²) in [7, 11) is 0. The minimum absolute atomic E-state index is 0.317. The summed E-state index contributed by atoms with van der Waals surface area (Å²) >= 11 is 0. The van der Waals surface area contributed by atoms with Crippen molar-refractivity contribution < 1.29 is 0 Å². The molecule has 23 heavy (non-hydrogen) atoms. The Balaban J connectivity index is 2.17. The van der Waals surface area contributed by atoms with Gasteiger partial charge in [-0.05, 0) is 31.1 Å². The summed E-state index contributed by atoms with van der Waals surface area (Å²) in [5.74, 6) is 7.21. The van der Waals surface area contributed by atoms with E-state index in [1.54, 1.807) is 0 Å². The molecule has 0 unspecified atom stereocenters. The zero-order valence-electron chi connectivity index (χ0n) is 14.5. The molecule has 0 aliphatic heterocycles. The van der Waals surface area contributed by atoms with Crippen molar-refractivity contribution in [2.45, 2.75) is 39.2 Å². The molecule has 2 aromatic carbocycles. The molecule has 0 spiro atoms. The molecule has 0 heterocycles. The third kappa shape index (κ3) is 4.98. The molecule has 0 fully saturated rings. The van der Waals surface area contributed by atoms with Gasteiger partial charge in [-0.2, -0.15) is 0 Å². The van der Waals surface area contributed by atoms with Gasteiger partial charge in [0.25, 0.3) is 0 Å². The molecule has 1 atom stereocenters. The summed E-state index contributed by atoms with van der Waals surface area (Å²) in [4.78, 5) is 2.38. The molecule has 1 nitrogen and oxygen atoms in total. The van der Waals surface area contributed by atoms with Crippen LogP contribution in [-0.2, 0) is 0 Å². The monoisotopic (exact) mass is 305 g/mol. The van der Waals surface area contributed by atoms with E-state index in [-0.39, 0.29) is 0 Å². The zero-order valence-corrected chi connectivity index (χ0v) is 14.5. The quantitative estimate of drug-likeness (QED) is 0.683. The Hall–Kier alpha value is -2.04. The molecule has 0 aromatic heterocycles. The number of benzene rings is 2. The summed E-state index contributed by atoms with van der Waals surface area (Å²) in [6, 6.07) is 21.7. The first-order valence-corrected chi connectivity index (χ1v) is 8.58. The fraction of sp³-hybridized carbons (Fsp3) is 0.364. The third-order valence-electron chi connectivity index (χ3n) is 4.38. The van der Waals surface area contributed by atoms with Crippen LogP contribution in [0.5, 0.6) is 0 Å². The smallest absolute Gasteiger partial charge is 0.0685 e. The minimum Gasteiger partial charge on any atom is -0.291 e. The van der Waals surface area contributed by atoms with Crippen LogP contribution in [-0.4, -0.2) is 24.0 Å². The Kier molecular flexibility index (Phi) is 6.91. The van der Waals surface area contributed by atoms with Gasteiger partial charge in [0.15, 0.2) is 0 Å². The van der Waals surface area contributed by atoms with Crippen molar-refractivity contribution in [3.63, 3.8) is 0 Å². The Labute approximate surface area is 141 Å². The largest absolute Gasteiger partial charge is 0.291 e. The first-order valence-electron chi connectivity index (χ1n) is 8.58. The van der Waals surface area contributed by atoms with Crippen LogP contribution in [0.25, 0.3) is 0 Å². The normalized spacial score (nSPS) is 12.0. The van der Waals surface area contributed by atoms with Crippen LogP contribution >= 0.6 is 0 Å². The van der Waals surface area contributed by atoms with E-state index in [4.69, 9.17) is 0 Å². The van der Waals surface area contributed by atoms with Gasteiger partial charge in [-0.25, -0.2) is 0 Å². The molecular formula is C22H27N. The lowest BCUT2D eigenvalue weighted by Gasteiger charge is -2.21. The van der Waals surface area contributed by atoms with Gasteiger partial charge in [0, 0.05) is 12.3 Å². The lowest BCUT2D eigenvalue weighted by molar-refractivity contribution is 0.275. The fourth-order valence-electron chi connectivity index (χ4n) is 2.97. The highest BCUT2D eigenvalue weighted by Gasteiger charge is 2.12. The number of hydrogen-bond donors (Lipinski definition) is 0. The number of nitrogens with zero attached hydrogens (tertiary/aromatic N) is 1. The van der Waals surface area contributed by atoms with E-state index in [1.807, 2.05) is 0 Å². The van der Waals surface area contributed by atoms with Crippen molar-refractivity contribution in [3.8, 4) is 11.8 Å². The van der Waals surface area contributed by atoms with Crippen LogP contribution in [0.1, 0.15) is 44.2 Å². The van der Waals surface area contributed by atoms with Crippen molar-refractivity contribution in [1.82, 2.24) is 4.90 Å². The average molecular weight is 305 g/mol. The molecule has 0 radical (unpaired) electrons. The lowest BCUT2D eigenvalue weighted by Crippen LogP contribution is -2.31. The number of hydrogen-bond acceptors (Lipinski definition) is 1. The van der Waals surface area contributed by atoms with Crippen LogP contribution in [0, 0.1) is 11.8 Å². The van der Waals surface area contributed by atoms with Crippen LogP contribution in [0.3, 0.4) is 0 Å². The van der Waals surface area contributed by atoms with Gasteiger partial charge in [0.1, 0.15) is 0 Å². The topological polar surface area (TPSA) is 3.24 Å². The van der Waals surface area contributed by atoms with Crippen LogP contribution in [0.4, 0.5) is 0 Å². The van der Waals surface area contributed by atoms with E-state index in [0.29, 0.717) is 12.0 Å². The molecule has 0 aliphatic carbocycles. The predicted octanol–water partition coefficient (Wildman–Crippen LogP) is 4.94. The third-order valence-corrected chi connectivity index (χ3v) is 4.38. The molecule has 0 aliphatic rings. The van der Waals surface area contributed by atoms with Gasteiger partial charge in [0.05, 0.1) is 6.04 Å². The molecule has 0 saturated heterocycles. The van der Waals surface area contributed by atoms with Crippen molar-refractivity contribution >= 4 is 0 Å². The standard InChI is InChI=1S/C22H27N/c1-4-23(5-2)19(3)13-12-18-22(20-14-8-6-9-15-20)21-16-10-7-11-17-21/h6-11,14-17,19,22H,4-5,18H2,1-3H3/t19-/m1/s1. The van der Waals surface area contributed by atoms with Crippen molar-refractivity contribution in [2.75, 3.05) is 13.1 Å². The summed E-state index contributed by atoms with van der Waals surface area (Å²) in [5, 5.41) is 0. The molecule has 0 bridgehead atoms. The van der Waals surface area contributed by atoms with Gasteiger partial charge in [-0.1, -0.05) is 80.4 Å². The van der Waals surface area contributed by atoms with Crippen LogP contribution in [0.15, 0.2) is 60.7 Å². The first kappa shape index (κ1) is 17.3. The fourth-order valence-corrected chi connectivity index (χ4v) is 2.97. The maximum atomic E-state index is 3.44. The molecule has 0 amide bonds. The van der Waals surface area contributed by atoms with E-state index < -0.39 is 0 Å². The first-order chi connectivity index (χ1) is 11.3. The highest BCUT2D eigenvalue weighted by molar-refractivity contribution is 5.34. The SMILES string of the molecule is CCN(CC)[C@H](C)C#CCC(c1ccccc1)c1ccccc1. The summed E-state index contributed by atoms with van der Waals surface area (Å²) in [6.45, 7) is 8.68. The van der Waals surface area contributed by atoms with Crippen molar-refractivity contribution in [1.29, 1.82) is 0 Å². The highest BCUT2D eigenvalue weighted by atomic mass is 15.1. The Morgan fingerprint density at radius 2 is 1.30 bits per heavy atom. The molecule has 0 N–H and O–H groups in total. The molecular weight excluding hydrogens is 278 g/mol. The van der Waals surface area contributed by atoms with Gasteiger partial charge in [0.2, 0.25) is 0 Å². The molecule has 2 aromatic rings. The minimum atomic E-state index is 0.317. The molecule has 120 valence electrons. The van der Waals surface area contributed by atoms with Gasteiger partial charge in [-0.15, -0.1) is 5.92 Å². The molecule has 2 rings (SSSR count). The lowest BCUT2D eigenvalue weighted by atomic mass is 9.89. The molecule has 1 heteroatoms. The van der Waals surface area contributed by atoms with Crippen molar-refractivity contribution in [2.24, 2.45) is 0 Å². The van der Waals surface area contributed by atoms with E-state index in [1.165, 1.54) is 11.1 Å². The second kappa shape index (κ2) is 9.18. The van der Waals surface area contributed by atoms with E-state index in [9.17, 15) is 0 Å². The summed E-state index contributed by atoms with van der Waals surface area (Å²) < 4.78 is 0. The van der Waals surface area contributed by atoms with Gasteiger partial charge >= 0.3 is 0 Å². The van der Waals surface area contributed by atoms with Gasteiger partial charge in [-0.3, -0.25) is 4.90 Å². The average Bonchev–Trinajstić information content (AvgIpc) is 2.61. The van der Waals surface area contributed by atoms with E-state index in [0.717, 1.165) is 19.5 Å². The summed E-state index contributed by atoms with van der Waals surface area (Å²) in [6.07, 6.45) is 0.861. The van der Waals surface area contributed by atoms with Crippen LogP contribution < -0.4 is 0 Å². The second-order valence-corrected chi connectivity index (χ2v) is 5.80. The van der Waals surface area contributed by atoms with E-state index >= 15 is 0 Å². The van der Waals surface area contributed by atoms with Gasteiger partial charge < -0.3 is 0 Å².